The molecule has 0 fully saturated rings. The molecule has 0 unspecified atom stereocenters. The Balaban J connectivity index is 1.78. The summed E-state index contributed by atoms with van der Waals surface area (Å²) >= 11 is 1.96. The van der Waals surface area contributed by atoms with Gasteiger partial charge in [0, 0.05) is 4.90 Å². The molecule has 0 amide bonds. The number of rotatable bonds is 7. The van der Waals surface area contributed by atoms with Crippen LogP contribution in [0.5, 0.6) is 0 Å². The molecule has 0 aliphatic rings. The van der Waals surface area contributed by atoms with Crippen LogP contribution in [0.25, 0.3) is 11.1 Å². The van der Waals surface area contributed by atoms with Gasteiger partial charge in [0.15, 0.2) is 0 Å². The fraction of sp³-hybridized carbons (Fsp3) is 0.300. The topological polar surface area (TPSA) is 0 Å². The van der Waals surface area contributed by atoms with Crippen LogP contribution in [0, 0.1) is 0 Å². The highest BCUT2D eigenvalue weighted by molar-refractivity contribution is 7.99. The molecule has 2 aromatic rings. The summed E-state index contributed by atoms with van der Waals surface area (Å²) in [4.78, 5) is 1.37. The lowest BCUT2D eigenvalue weighted by atomic mass is 10.1. The van der Waals surface area contributed by atoms with Gasteiger partial charge in [-0.15, -0.1) is 11.8 Å². The lowest BCUT2D eigenvalue weighted by molar-refractivity contribution is 0.793. The summed E-state index contributed by atoms with van der Waals surface area (Å²) in [6, 6.07) is 19.5. The molecular formula is C20H24S. The first kappa shape index (κ1) is 15.9. The van der Waals surface area contributed by atoms with E-state index in [-0.39, 0.29) is 0 Å². The van der Waals surface area contributed by atoms with Crippen LogP contribution in [0.3, 0.4) is 0 Å². The summed E-state index contributed by atoms with van der Waals surface area (Å²) in [6.45, 7) is 4.34. The van der Waals surface area contributed by atoms with Crippen LogP contribution < -0.4 is 0 Å². The van der Waals surface area contributed by atoms with Crippen LogP contribution >= 0.6 is 11.8 Å². The van der Waals surface area contributed by atoms with E-state index in [0.717, 1.165) is 0 Å². The lowest BCUT2D eigenvalue weighted by Gasteiger charge is -2.05. The van der Waals surface area contributed by atoms with E-state index in [1.807, 2.05) is 11.8 Å². The van der Waals surface area contributed by atoms with Crippen LogP contribution in [-0.2, 0) is 0 Å². The maximum Gasteiger partial charge on any atom is 0.00723 e. The molecule has 110 valence electrons. The summed E-state index contributed by atoms with van der Waals surface area (Å²) in [5.74, 6) is 1.21. The quantitative estimate of drug-likeness (QED) is 0.316. The number of thioether (sulfide) groups is 1. The van der Waals surface area contributed by atoms with Crippen molar-refractivity contribution >= 4 is 11.8 Å². The van der Waals surface area contributed by atoms with E-state index >= 15 is 0 Å². The van der Waals surface area contributed by atoms with Crippen molar-refractivity contribution in [2.24, 2.45) is 0 Å². The van der Waals surface area contributed by atoms with E-state index in [4.69, 9.17) is 0 Å². The first-order chi connectivity index (χ1) is 10.3. The summed E-state index contributed by atoms with van der Waals surface area (Å²) < 4.78 is 0. The average Bonchev–Trinajstić information content (AvgIpc) is 2.55. The van der Waals surface area contributed by atoms with Crippen molar-refractivity contribution in [3.05, 3.63) is 66.2 Å². The molecule has 0 spiro atoms. The van der Waals surface area contributed by atoms with Gasteiger partial charge in [-0.2, -0.15) is 0 Å². The van der Waals surface area contributed by atoms with E-state index in [1.165, 1.54) is 46.6 Å². The average molecular weight is 296 g/mol. The van der Waals surface area contributed by atoms with Gasteiger partial charge >= 0.3 is 0 Å². The third kappa shape index (κ3) is 5.43. The summed E-state index contributed by atoms with van der Waals surface area (Å²) in [6.07, 6.45) is 6.04. The zero-order valence-corrected chi connectivity index (χ0v) is 13.8. The molecular weight excluding hydrogens is 272 g/mol. The van der Waals surface area contributed by atoms with Crippen molar-refractivity contribution < 1.29 is 0 Å². The van der Waals surface area contributed by atoms with Gasteiger partial charge < -0.3 is 0 Å². The second-order valence-corrected chi connectivity index (χ2v) is 6.50. The normalized spacial score (nSPS) is 11.6. The number of hydrogen-bond acceptors (Lipinski definition) is 1. The molecule has 2 rings (SSSR count). The molecule has 1 heteroatoms. The molecule has 0 heterocycles. The first-order valence-electron chi connectivity index (χ1n) is 7.69. The molecule has 2 aromatic carbocycles. The number of allylic oxidation sites excluding steroid dienone is 2. The molecule has 0 saturated carbocycles. The molecule has 0 atom stereocenters. The third-order valence-electron chi connectivity index (χ3n) is 3.69. The summed E-state index contributed by atoms with van der Waals surface area (Å²) in [5, 5.41) is 0. The van der Waals surface area contributed by atoms with Crippen molar-refractivity contribution in [2.75, 3.05) is 5.75 Å². The Morgan fingerprint density at radius 1 is 0.905 bits per heavy atom. The Morgan fingerprint density at radius 3 is 2.24 bits per heavy atom. The van der Waals surface area contributed by atoms with Crippen molar-refractivity contribution in [1.29, 1.82) is 0 Å². The van der Waals surface area contributed by atoms with Gasteiger partial charge in [-0.1, -0.05) is 54.1 Å². The molecule has 0 aliphatic heterocycles. The van der Waals surface area contributed by atoms with Gasteiger partial charge in [-0.05, 0) is 62.1 Å². The number of unbranched alkanes of at least 4 members (excludes halogenated alkanes) is 1. The van der Waals surface area contributed by atoms with Crippen LogP contribution in [0.4, 0.5) is 0 Å². The number of hydrogen-bond donors (Lipinski definition) is 0. The molecule has 0 aliphatic carbocycles. The fourth-order valence-corrected chi connectivity index (χ4v) is 3.13. The highest BCUT2D eigenvalue weighted by atomic mass is 32.2. The SMILES string of the molecule is CC=C(C)CCCCSc1ccc(-c2ccccc2)cc1. The highest BCUT2D eigenvalue weighted by Crippen LogP contribution is 2.25. The monoisotopic (exact) mass is 296 g/mol. The zero-order chi connectivity index (χ0) is 14.9. The summed E-state index contributed by atoms with van der Waals surface area (Å²) in [7, 11) is 0. The Bertz CT molecular complexity index is 552. The predicted octanol–water partition coefficient (Wildman–Crippen LogP) is 6.58. The van der Waals surface area contributed by atoms with E-state index in [0.29, 0.717) is 0 Å². The van der Waals surface area contributed by atoms with Gasteiger partial charge in [-0.3, -0.25) is 0 Å². The molecule has 0 N–H and O–H groups in total. The predicted molar refractivity (Wildman–Crippen MR) is 95.9 cm³/mol. The van der Waals surface area contributed by atoms with Crippen LogP contribution in [-0.4, -0.2) is 5.75 Å². The Labute approximate surface area is 133 Å². The Kier molecular flexibility index (Phi) is 6.62. The van der Waals surface area contributed by atoms with Crippen molar-refractivity contribution in [3.63, 3.8) is 0 Å². The van der Waals surface area contributed by atoms with Crippen molar-refractivity contribution in [2.45, 2.75) is 38.0 Å². The second-order valence-electron chi connectivity index (χ2n) is 5.33. The lowest BCUT2D eigenvalue weighted by Crippen LogP contribution is -1.83. The molecule has 0 saturated heterocycles. The smallest absolute Gasteiger partial charge is 0.00723 e. The minimum atomic E-state index is 1.21. The molecule has 0 nitrogen and oxygen atoms in total. The summed E-state index contributed by atoms with van der Waals surface area (Å²) in [5.41, 5.74) is 4.09. The van der Waals surface area contributed by atoms with Crippen LogP contribution in [0.2, 0.25) is 0 Å². The van der Waals surface area contributed by atoms with E-state index in [9.17, 15) is 0 Å². The Hall–Kier alpha value is -1.47. The standard InChI is InChI=1S/C20H24S/c1-3-17(2)9-7-8-16-21-20-14-12-19(13-15-20)18-10-5-4-6-11-18/h3-6,10-15H,7-9,16H2,1-2H3. The minimum Gasteiger partial charge on any atom is -0.126 e. The fourth-order valence-electron chi connectivity index (χ4n) is 2.21. The van der Waals surface area contributed by atoms with E-state index in [2.05, 4.69) is 74.5 Å². The van der Waals surface area contributed by atoms with Gasteiger partial charge in [0.1, 0.15) is 0 Å². The van der Waals surface area contributed by atoms with Crippen molar-refractivity contribution in [3.8, 4) is 11.1 Å². The van der Waals surface area contributed by atoms with Gasteiger partial charge in [0.2, 0.25) is 0 Å². The van der Waals surface area contributed by atoms with Crippen LogP contribution in [0.15, 0.2) is 71.1 Å². The minimum absolute atomic E-state index is 1.21. The zero-order valence-electron chi connectivity index (χ0n) is 13.0. The maximum atomic E-state index is 2.24. The molecule has 21 heavy (non-hydrogen) atoms. The molecule has 0 aromatic heterocycles. The maximum absolute atomic E-state index is 2.24. The Morgan fingerprint density at radius 2 is 1.57 bits per heavy atom. The highest BCUT2D eigenvalue weighted by Gasteiger charge is 1.98. The largest absolute Gasteiger partial charge is 0.126 e. The van der Waals surface area contributed by atoms with Gasteiger partial charge in [0.05, 0.1) is 0 Å². The third-order valence-corrected chi connectivity index (χ3v) is 4.79. The first-order valence-corrected chi connectivity index (χ1v) is 8.68. The van der Waals surface area contributed by atoms with Gasteiger partial charge in [0.25, 0.3) is 0 Å². The number of benzene rings is 2. The van der Waals surface area contributed by atoms with E-state index < -0.39 is 0 Å². The van der Waals surface area contributed by atoms with Gasteiger partial charge in [-0.25, -0.2) is 0 Å². The van der Waals surface area contributed by atoms with E-state index in [1.54, 1.807) is 0 Å². The molecule has 0 radical (unpaired) electrons. The van der Waals surface area contributed by atoms with Crippen LogP contribution in [0.1, 0.15) is 33.1 Å². The molecule has 0 bridgehead atoms. The second kappa shape index (κ2) is 8.74. The van der Waals surface area contributed by atoms with Crippen molar-refractivity contribution in [1.82, 2.24) is 0 Å².